The highest BCUT2D eigenvalue weighted by molar-refractivity contribution is 5.96. The van der Waals surface area contributed by atoms with E-state index >= 15 is 0 Å². The summed E-state index contributed by atoms with van der Waals surface area (Å²) in [7, 11) is 1.56. The molecule has 2 amide bonds. The number of hydrogen-bond donors (Lipinski definition) is 0. The molecule has 0 radical (unpaired) electrons. The van der Waals surface area contributed by atoms with E-state index in [9.17, 15) is 14.0 Å². The Morgan fingerprint density at radius 3 is 2.22 bits per heavy atom. The lowest BCUT2D eigenvalue weighted by Gasteiger charge is -2.27. The molecule has 3 aromatic rings. The molecule has 0 bridgehead atoms. The van der Waals surface area contributed by atoms with Gasteiger partial charge in [0.05, 0.1) is 13.2 Å². The molecule has 0 aliphatic rings. The monoisotopic (exact) mass is 494 g/mol. The maximum Gasteiger partial charge on any atom is 0.254 e. The minimum atomic E-state index is -0.338. The van der Waals surface area contributed by atoms with E-state index in [1.165, 1.54) is 22.6 Å². The van der Waals surface area contributed by atoms with Crippen molar-refractivity contribution >= 4 is 11.8 Å². The van der Waals surface area contributed by atoms with Crippen LogP contribution in [0.15, 0.2) is 65.1 Å². The second kappa shape index (κ2) is 13.6. The molecule has 0 fully saturated rings. The average molecular weight is 495 g/mol. The van der Waals surface area contributed by atoms with Gasteiger partial charge in [-0.25, -0.2) is 4.39 Å². The number of furan rings is 1. The number of unbranched alkanes of at least 4 members (excludes halogenated alkanes) is 1. The summed E-state index contributed by atoms with van der Waals surface area (Å²) in [6, 6.07) is 17.3. The molecule has 3 rings (SSSR count). The fourth-order valence-electron chi connectivity index (χ4n) is 3.90. The maximum absolute atomic E-state index is 13.5. The van der Waals surface area contributed by atoms with E-state index in [4.69, 9.17) is 9.15 Å². The number of halogens is 1. The zero-order valence-electron chi connectivity index (χ0n) is 21.3. The zero-order chi connectivity index (χ0) is 25.9. The van der Waals surface area contributed by atoms with Crippen LogP contribution in [0.4, 0.5) is 4.39 Å². The van der Waals surface area contributed by atoms with Crippen LogP contribution in [-0.4, -0.2) is 48.4 Å². The van der Waals surface area contributed by atoms with Crippen LogP contribution in [0.25, 0.3) is 0 Å². The molecule has 0 N–H and O–H groups in total. The van der Waals surface area contributed by atoms with E-state index in [1.807, 2.05) is 43.3 Å². The molecule has 6 nitrogen and oxygen atoms in total. The zero-order valence-corrected chi connectivity index (χ0v) is 21.3. The van der Waals surface area contributed by atoms with E-state index in [0.29, 0.717) is 17.9 Å². The van der Waals surface area contributed by atoms with Crippen LogP contribution in [0.5, 0.6) is 0 Å². The number of rotatable bonds is 13. The average Bonchev–Trinajstić information content (AvgIpc) is 3.30. The predicted octanol–water partition coefficient (Wildman–Crippen LogP) is 5.39. The summed E-state index contributed by atoms with van der Waals surface area (Å²) in [5, 5.41) is 0. The number of ether oxygens (including phenoxy) is 1. The number of hydrogen-bond acceptors (Lipinski definition) is 4. The van der Waals surface area contributed by atoms with Crippen molar-refractivity contribution in [3.05, 3.63) is 94.7 Å². The number of nitrogens with zero attached hydrogens (tertiary/aromatic N) is 2. The topological polar surface area (TPSA) is 63.0 Å². The van der Waals surface area contributed by atoms with Crippen LogP contribution in [0.3, 0.4) is 0 Å². The quantitative estimate of drug-likeness (QED) is 0.320. The predicted molar refractivity (Wildman–Crippen MR) is 137 cm³/mol. The molecule has 0 spiro atoms. The number of methoxy groups -OCH3 is 1. The fraction of sp³-hybridized carbons (Fsp3) is 0.379. The van der Waals surface area contributed by atoms with E-state index < -0.39 is 0 Å². The van der Waals surface area contributed by atoms with Gasteiger partial charge >= 0.3 is 0 Å². The van der Waals surface area contributed by atoms with Crippen LogP contribution in [0, 0.1) is 12.7 Å². The second-order valence-corrected chi connectivity index (χ2v) is 8.91. The van der Waals surface area contributed by atoms with Gasteiger partial charge in [-0.1, -0.05) is 37.6 Å². The minimum Gasteiger partial charge on any atom is -0.464 e. The standard InChI is InChI=1S/C29H35FN2O4/c1-4-5-6-23-8-12-25(13-9-23)29(34)31(17-18-35-3)21-28(33)32(20-27-16-7-22(2)36-27)19-24-10-14-26(30)15-11-24/h7-16H,4-6,17-21H2,1-3H3. The van der Waals surface area contributed by atoms with Gasteiger partial charge in [-0.3, -0.25) is 9.59 Å². The second-order valence-electron chi connectivity index (χ2n) is 8.91. The van der Waals surface area contributed by atoms with Gasteiger partial charge in [0.1, 0.15) is 23.9 Å². The molecule has 0 aliphatic heterocycles. The van der Waals surface area contributed by atoms with Crippen molar-refractivity contribution in [2.45, 2.75) is 46.2 Å². The Bertz CT molecular complexity index is 1110. The van der Waals surface area contributed by atoms with E-state index in [2.05, 4.69) is 6.92 Å². The largest absolute Gasteiger partial charge is 0.464 e. The SMILES string of the molecule is CCCCc1ccc(C(=O)N(CCOC)CC(=O)N(Cc2ccc(F)cc2)Cc2ccc(C)o2)cc1. The Hall–Kier alpha value is -3.45. The Kier molecular flexibility index (Phi) is 10.2. The fourth-order valence-corrected chi connectivity index (χ4v) is 3.90. The minimum absolute atomic E-state index is 0.110. The normalized spacial score (nSPS) is 10.9. The summed E-state index contributed by atoms with van der Waals surface area (Å²) < 4.78 is 24.3. The van der Waals surface area contributed by atoms with Crippen LogP contribution in [0.2, 0.25) is 0 Å². The highest BCUT2D eigenvalue weighted by atomic mass is 19.1. The van der Waals surface area contributed by atoms with Crippen molar-refractivity contribution in [2.24, 2.45) is 0 Å². The van der Waals surface area contributed by atoms with Crippen molar-refractivity contribution in [3.63, 3.8) is 0 Å². The third-order valence-electron chi connectivity index (χ3n) is 5.98. The van der Waals surface area contributed by atoms with Crippen molar-refractivity contribution in [2.75, 3.05) is 26.8 Å². The molecule has 0 unspecified atom stereocenters. The highest BCUT2D eigenvalue weighted by Gasteiger charge is 2.23. The molecule has 0 aliphatic carbocycles. The van der Waals surface area contributed by atoms with Gasteiger partial charge in [-0.05, 0) is 67.3 Å². The molecule has 36 heavy (non-hydrogen) atoms. The van der Waals surface area contributed by atoms with Crippen LogP contribution >= 0.6 is 0 Å². The maximum atomic E-state index is 13.5. The number of benzene rings is 2. The summed E-state index contributed by atoms with van der Waals surface area (Å²) in [4.78, 5) is 29.9. The molecule has 0 saturated carbocycles. The lowest BCUT2D eigenvalue weighted by molar-refractivity contribution is -0.133. The van der Waals surface area contributed by atoms with Gasteiger partial charge in [-0.2, -0.15) is 0 Å². The lowest BCUT2D eigenvalue weighted by atomic mass is 10.1. The summed E-state index contributed by atoms with van der Waals surface area (Å²) in [5.41, 5.74) is 2.50. The third-order valence-corrected chi connectivity index (χ3v) is 5.98. The first-order valence-electron chi connectivity index (χ1n) is 12.3. The lowest BCUT2D eigenvalue weighted by Crippen LogP contribution is -2.43. The van der Waals surface area contributed by atoms with E-state index in [1.54, 1.807) is 24.1 Å². The molecule has 0 saturated heterocycles. The van der Waals surface area contributed by atoms with Crippen molar-refractivity contribution in [1.82, 2.24) is 9.80 Å². The van der Waals surface area contributed by atoms with Gasteiger partial charge < -0.3 is 19.0 Å². The molecule has 7 heteroatoms. The van der Waals surface area contributed by atoms with E-state index in [0.717, 1.165) is 30.6 Å². The van der Waals surface area contributed by atoms with E-state index in [-0.39, 0.29) is 43.8 Å². The first-order chi connectivity index (χ1) is 17.4. The van der Waals surface area contributed by atoms with Gasteiger partial charge in [0.15, 0.2) is 0 Å². The molecule has 1 aromatic heterocycles. The van der Waals surface area contributed by atoms with Gasteiger partial charge in [-0.15, -0.1) is 0 Å². The summed E-state index contributed by atoms with van der Waals surface area (Å²) >= 11 is 0. The highest BCUT2D eigenvalue weighted by Crippen LogP contribution is 2.16. The van der Waals surface area contributed by atoms with Crippen LogP contribution < -0.4 is 0 Å². The molecule has 1 heterocycles. The molecule has 0 atom stereocenters. The number of aryl methyl sites for hydroxylation is 2. The van der Waals surface area contributed by atoms with Crippen molar-refractivity contribution < 1.29 is 23.1 Å². The Morgan fingerprint density at radius 2 is 1.61 bits per heavy atom. The Labute approximate surface area is 212 Å². The summed E-state index contributed by atoms with van der Waals surface area (Å²) in [6.45, 7) is 4.97. The summed E-state index contributed by atoms with van der Waals surface area (Å²) in [5.74, 6) is 0.588. The Balaban J connectivity index is 1.77. The first kappa shape index (κ1) is 27.1. The number of carbonyl (C=O) groups excluding carboxylic acids is 2. The Morgan fingerprint density at radius 1 is 0.917 bits per heavy atom. The van der Waals surface area contributed by atoms with Crippen molar-refractivity contribution in [3.8, 4) is 0 Å². The van der Waals surface area contributed by atoms with Crippen molar-refractivity contribution in [1.29, 1.82) is 0 Å². The van der Waals surface area contributed by atoms with Gasteiger partial charge in [0.2, 0.25) is 5.91 Å². The first-order valence-corrected chi connectivity index (χ1v) is 12.3. The van der Waals surface area contributed by atoms with Gasteiger partial charge in [0, 0.05) is 25.8 Å². The molecular weight excluding hydrogens is 459 g/mol. The smallest absolute Gasteiger partial charge is 0.254 e. The third kappa shape index (κ3) is 8.05. The summed E-state index contributed by atoms with van der Waals surface area (Å²) in [6.07, 6.45) is 3.18. The number of amides is 2. The van der Waals surface area contributed by atoms with Gasteiger partial charge in [0.25, 0.3) is 5.91 Å². The number of carbonyl (C=O) groups is 2. The van der Waals surface area contributed by atoms with Crippen LogP contribution in [0.1, 0.15) is 52.8 Å². The molecular formula is C29H35FN2O4. The van der Waals surface area contributed by atoms with Crippen LogP contribution in [-0.2, 0) is 29.0 Å². The molecule has 2 aromatic carbocycles. The molecule has 192 valence electrons.